The van der Waals surface area contributed by atoms with Crippen molar-refractivity contribution in [2.75, 3.05) is 0 Å². The van der Waals surface area contributed by atoms with Crippen LogP contribution < -0.4 is 16.7 Å². The summed E-state index contributed by atoms with van der Waals surface area (Å²) in [5.41, 5.74) is 0.136. The molecule has 3 rings (SSSR count). The van der Waals surface area contributed by atoms with Gasteiger partial charge in [0.2, 0.25) is 0 Å². The fourth-order valence-corrected chi connectivity index (χ4v) is 2.35. The van der Waals surface area contributed by atoms with Gasteiger partial charge in [-0.05, 0) is 5.56 Å². The van der Waals surface area contributed by atoms with Crippen LogP contribution in [0.5, 0.6) is 0 Å². The Labute approximate surface area is 118 Å². The van der Waals surface area contributed by atoms with Gasteiger partial charge in [-0.25, -0.2) is 4.79 Å². The minimum absolute atomic E-state index is 0.0146. The molecule has 0 aliphatic carbocycles. The topological polar surface area (TPSA) is 76.9 Å². The summed E-state index contributed by atoms with van der Waals surface area (Å²) in [6.45, 7) is 0. The third kappa shape index (κ3) is 1.92. The first-order chi connectivity index (χ1) is 10.0. The number of rotatable bonds is 1. The standard InChI is InChI=1S/C15H13N3O3/c1-17-13-12(14(20)18(2)15(17)21)11(19)8-10(16-13)9-6-4-3-5-7-9/h3-8H,1-2H3,(H,16,19). The average molecular weight is 283 g/mol. The Kier molecular flexibility index (Phi) is 2.86. The third-order valence-corrected chi connectivity index (χ3v) is 3.52. The number of nitrogens with one attached hydrogen (secondary N) is 1. The fraction of sp³-hybridized carbons (Fsp3) is 0.133. The van der Waals surface area contributed by atoms with Gasteiger partial charge in [0.15, 0.2) is 5.43 Å². The first-order valence-corrected chi connectivity index (χ1v) is 6.39. The number of aryl methyl sites for hydroxylation is 1. The van der Waals surface area contributed by atoms with E-state index in [0.717, 1.165) is 10.1 Å². The van der Waals surface area contributed by atoms with Crippen LogP contribution in [-0.2, 0) is 14.1 Å². The summed E-state index contributed by atoms with van der Waals surface area (Å²) < 4.78 is 2.20. The molecule has 0 bridgehead atoms. The summed E-state index contributed by atoms with van der Waals surface area (Å²) in [7, 11) is 2.88. The van der Waals surface area contributed by atoms with Crippen LogP contribution in [0.15, 0.2) is 50.8 Å². The molecular weight excluding hydrogens is 270 g/mol. The first kappa shape index (κ1) is 13.1. The Morgan fingerprint density at radius 2 is 1.62 bits per heavy atom. The Morgan fingerprint density at radius 1 is 0.952 bits per heavy atom. The van der Waals surface area contributed by atoms with E-state index >= 15 is 0 Å². The highest BCUT2D eigenvalue weighted by Gasteiger charge is 2.13. The van der Waals surface area contributed by atoms with Gasteiger partial charge in [-0.3, -0.25) is 18.7 Å². The summed E-state index contributed by atoms with van der Waals surface area (Å²) in [6, 6.07) is 10.6. The number of aromatic nitrogens is 3. The molecule has 0 radical (unpaired) electrons. The van der Waals surface area contributed by atoms with Crippen LogP contribution in [0, 0.1) is 0 Å². The van der Waals surface area contributed by atoms with Crippen LogP contribution in [0.3, 0.4) is 0 Å². The zero-order valence-corrected chi connectivity index (χ0v) is 11.6. The lowest BCUT2D eigenvalue weighted by Crippen LogP contribution is -2.39. The lowest BCUT2D eigenvalue weighted by atomic mass is 10.1. The molecule has 106 valence electrons. The minimum atomic E-state index is -0.589. The third-order valence-electron chi connectivity index (χ3n) is 3.52. The van der Waals surface area contributed by atoms with Crippen molar-refractivity contribution in [2.24, 2.45) is 14.1 Å². The second-order valence-electron chi connectivity index (χ2n) is 4.84. The van der Waals surface area contributed by atoms with E-state index in [-0.39, 0.29) is 11.0 Å². The summed E-state index contributed by atoms with van der Waals surface area (Å²) >= 11 is 0. The Balaban J connectivity index is 2.49. The van der Waals surface area contributed by atoms with E-state index in [1.165, 1.54) is 24.7 Å². The molecule has 0 aliphatic rings. The highest BCUT2D eigenvalue weighted by Crippen LogP contribution is 2.15. The summed E-state index contributed by atoms with van der Waals surface area (Å²) in [4.78, 5) is 39.3. The van der Waals surface area contributed by atoms with E-state index < -0.39 is 16.7 Å². The number of pyridine rings is 1. The molecular formula is C15H13N3O3. The Bertz CT molecular complexity index is 1010. The number of benzene rings is 1. The van der Waals surface area contributed by atoms with Gasteiger partial charge in [-0.2, -0.15) is 0 Å². The van der Waals surface area contributed by atoms with Crippen molar-refractivity contribution in [3.8, 4) is 11.3 Å². The van der Waals surface area contributed by atoms with Gasteiger partial charge in [0.05, 0.1) is 5.69 Å². The van der Waals surface area contributed by atoms with Crippen molar-refractivity contribution in [1.82, 2.24) is 14.1 Å². The SMILES string of the molecule is Cn1c(=O)c2c(=O)cc(-c3ccccc3)[nH]c2n(C)c1=O. The maximum atomic E-state index is 12.3. The molecule has 1 aromatic carbocycles. The molecule has 0 spiro atoms. The van der Waals surface area contributed by atoms with Crippen molar-refractivity contribution < 1.29 is 0 Å². The molecule has 0 atom stereocenters. The lowest BCUT2D eigenvalue weighted by Gasteiger charge is -2.09. The number of hydrogen-bond donors (Lipinski definition) is 1. The number of nitrogens with zero attached hydrogens (tertiary/aromatic N) is 2. The van der Waals surface area contributed by atoms with Gasteiger partial charge in [0, 0.05) is 20.2 Å². The largest absolute Gasteiger partial charge is 0.340 e. The second kappa shape index (κ2) is 4.59. The Morgan fingerprint density at radius 3 is 2.29 bits per heavy atom. The minimum Gasteiger partial charge on any atom is -0.340 e. The molecule has 6 heteroatoms. The predicted molar refractivity (Wildman–Crippen MR) is 80.5 cm³/mol. The van der Waals surface area contributed by atoms with Gasteiger partial charge in [0.25, 0.3) is 5.56 Å². The summed E-state index contributed by atoms with van der Waals surface area (Å²) in [5.74, 6) is 0. The van der Waals surface area contributed by atoms with Crippen LogP contribution in [0.1, 0.15) is 0 Å². The van der Waals surface area contributed by atoms with Crippen LogP contribution in [0.4, 0.5) is 0 Å². The Hall–Kier alpha value is -2.89. The first-order valence-electron chi connectivity index (χ1n) is 6.39. The smallest absolute Gasteiger partial charge is 0.332 e. The van der Waals surface area contributed by atoms with Crippen molar-refractivity contribution in [1.29, 1.82) is 0 Å². The van der Waals surface area contributed by atoms with Crippen molar-refractivity contribution in [3.05, 3.63) is 67.5 Å². The molecule has 1 N–H and O–H groups in total. The molecule has 0 unspecified atom stereocenters. The summed E-state index contributed by atoms with van der Waals surface area (Å²) in [6.07, 6.45) is 0. The molecule has 2 heterocycles. The molecule has 0 saturated heterocycles. The molecule has 0 amide bonds. The number of aromatic amines is 1. The molecule has 21 heavy (non-hydrogen) atoms. The highest BCUT2D eigenvalue weighted by atomic mass is 16.2. The van der Waals surface area contributed by atoms with E-state index in [1.54, 1.807) is 0 Å². The quantitative estimate of drug-likeness (QED) is 0.710. The monoisotopic (exact) mass is 283 g/mol. The normalized spacial score (nSPS) is 11.0. The van der Waals surface area contributed by atoms with Crippen molar-refractivity contribution in [3.63, 3.8) is 0 Å². The van der Waals surface area contributed by atoms with Crippen molar-refractivity contribution >= 4 is 11.0 Å². The van der Waals surface area contributed by atoms with E-state index in [1.807, 2.05) is 30.3 Å². The van der Waals surface area contributed by atoms with Crippen LogP contribution in [0.25, 0.3) is 22.3 Å². The van der Waals surface area contributed by atoms with Crippen molar-refractivity contribution in [2.45, 2.75) is 0 Å². The molecule has 0 saturated carbocycles. The van der Waals surface area contributed by atoms with E-state index in [4.69, 9.17) is 0 Å². The van der Waals surface area contributed by atoms with Crippen LogP contribution in [0.2, 0.25) is 0 Å². The average Bonchev–Trinajstić information content (AvgIpc) is 2.51. The number of H-pyrrole nitrogens is 1. The van der Waals surface area contributed by atoms with Gasteiger partial charge in [0.1, 0.15) is 11.0 Å². The molecule has 3 aromatic rings. The van der Waals surface area contributed by atoms with E-state index in [9.17, 15) is 14.4 Å². The van der Waals surface area contributed by atoms with E-state index in [2.05, 4.69) is 4.98 Å². The zero-order valence-electron chi connectivity index (χ0n) is 11.6. The van der Waals surface area contributed by atoms with Gasteiger partial charge >= 0.3 is 5.69 Å². The van der Waals surface area contributed by atoms with Gasteiger partial charge in [-0.15, -0.1) is 0 Å². The lowest BCUT2D eigenvalue weighted by molar-refractivity contribution is 0.707. The molecule has 6 nitrogen and oxygen atoms in total. The molecule has 0 aliphatic heterocycles. The molecule has 0 fully saturated rings. The maximum absolute atomic E-state index is 12.3. The van der Waals surface area contributed by atoms with Crippen LogP contribution >= 0.6 is 0 Å². The maximum Gasteiger partial charge on any atom is 0.332 e. The van der Waals surface area contributed by atoms with E-state index in [0.29, 0.717) is 5.69 Å². The second-order valence-corrected chi connectivity index (χ2v) is 4.84. The molecule has 2 aromatic heterocycles. The van der Waals surface area contributed by atoms with Gasteiger partial charge < -0.3 is 4.98 Å². The van der Waals surface area contributed by atoms with Crippen LogP contribution in [-0.4, -0.2) is 14.1 Å². The number of fused-ring (bicyclic) bond motifs is 1. The predicted octanol–water partition coefficient (Wildman–Crippen LogP) is 0.592. The highest BCUT2D eigenvalue weighted by molar-refractivity contribution is 5.77. The number of hydrogen-bond acceptors (Lipinski definition) is 3. The zero-order chi connectivity index (χ0) is 15.1. The summed E-state index contributed by atoms with van der Waals surface area (Å²) in [5, 5.41) is -0.0146. The van der Waals surface area contributed by atoms with Gasteiger partial charge in [-0.1, -0.05) is 30.3 Å². The fourth-order valence-electron chi connectivity index (χ4n) is 2.35.